The maximum atomic E-state index is 6.52. The van der Waals surface area contributed by atoms with Crippen molar-refractivity contribution in [2.24, 2.45) is 0 Å². The molecular formula is C27H38OSi2. The van der Waals surface area contributed by atoms with Crippen LogP contribution in [0, 0.1) is 6.92 Å². The Morgan fingerprint density at radius 3 is 2.40 bits per heavy atom. The van der Waals surface area contributed by atoms with E-state index in [1.807, 2.05) is 6.08 Å². The Labute approximate surface area is 186 Å². The van der Waals surface area contributed by atoms with Crippen LogP contribution in [0.4, 0.5) is 0 Å². The van der Waals surface area contributed by atoms with E-state index in [9.17, 15) is 0 Å². The molecule has 0 heterocycles. The van der Waals surface area contributed by atoms with E-state index in [-0.39, 0.29) is 5.41 Å². The molecular weight excluding hydrogens is 396 g/mol. The van der Waals surface area contributed by atoms with Crippen LogP contribution >= 0.6 is 0 Å². The molecule has 160 valence electrons. The van der Waals surface area contributed by atoms with Gasteiger partial charge in [0.1, 0.15) is 20.4 Å². The predicted octanol–water partition coefficient (Wildman–Crippen LogP) is 5.65. The van der Waals surface area contributed by atoms with Gasteiger partial charge in [0.25, 0.3) is 0 Å². The van der Waals surface area contributed by atoms with E-state index in [1.54, 1.807) is 10.4 Å². The van der Waals surface area contributed by atoms with Gasteiger partial charge in [-0.3, -0.25) is 0 Å². The molecule has 0 amide bonds. The third-order valence-corrected chi connectivity index (χ3v) is 12.0. The van der Waals surface area contributed by atoms with Gasteiger partial charge in [0.2, 0.25) is 0 Å². The minimum atomic E-state index is -1.92. The van der Waals surface area contributed by atoms with Crippen molar-refractivity contribution in [2.75, 3.05) is 6.61 Å². The number of allylic oxidation sites excluding steroid dienone is 1. The van der Waals surface area contributed by atoms with Gasteiger partial charge in [0.15, 0.2) is 0 Å². The standard InChI is InChI=1S/C27H38OSi2/c1-10-15-28-25-23(16-19(2)26(29(6)7)24(25)27(3,4)5)30(8,9)22-17-20-13-11-12-14-21(20)18-22/h10-14,16-17,29H,1,15,18H2,2-9H3. The third kappa shape index (κ3) is 4.15. The summed E-state index contributed by atoms with van der Waals surface area (Å²) in [6, 6.07) is 11.3. The Morgan fingerprint density at radius 2 is 1.83 bits per heavy atom. The molecule has 0 atom stereocenters. The van der Waals surface area contributed by atoms with Crippen molar-refractivity contribution in [3.63, 3.8) is 0 Å². The van der Waals surface area contributed by atoms with Crippen molar-refractivity contribution in [3.05, 3.63) is 70.4 Å². The average Bonchev–Trinajstić information content (AvgIpc) is 3.10. The lowest BCUT2D eigenvalue weighted by atomic mass is 9.85. The van der Waals surface area contributed by atoms with Gasteiger partial charge in [-0.15, -0.1) is 0 Å². The summed E-state index contributed by atoms with van der Waals surface area (Å²) in [5.41, 5.74) is 5.79. The van der Waals surface area contributed by atoms with Crippen LogP contribution in [0.3, 0.4) is 0 Å². The normalized spacial score (nSPS) is 14.0. The second-order valence-electron chi connectivity index (χ2n) is 10.5. The highest BCUT2D eigenvalue weighted by atomic mass is 28.3. The Bertz CT molecular complexity index is 991. The lowest BCUT2D eigenvalue weighted by Gasteiger charge is -2.35. The Balaban J connectivity index is 2.26. The van der Waals surface area contributed by atoms with Gasteiger partial charge in [-0.05, 0) is 40.6 Å². The zero-order chi connectivity index (χ0) is 22.3. The molecule has 0 spiro atoms. The Hall–Kier alpha value is -1.85. The summed E-state index contributed by atoms with van der Waals surface area (Å²) < 4.78 is 6.52. The molecule has 1 aliphatic rings. The SMILES string of the molecule is C=CCOc1c([Si](C)(C)C2=Cc3ccccc3C2)cc(C)c([SiH](C)C)c1C(C)(C)C. The number of aryl methyl sites for hydroxylation is 1. The molecule has 0 saturated carbocycles. The minimum Gasteiger partial charge on any atom is -0.489 e. The highest BCUT2D eigenvalue weighted by Crippen LogP contribution is 2.36. The van der Waals surface area contributed by atoms with Crippen LogP contribution in [0.1, 0.15) is 43.0 Å². The number of hydrogen-bond acceptors (Lipinski definition) is 1. The fraction of sp³-hybridized carbons (Fsp3) is 0.407. The second kappa shape index (κ2) is 8.35. The van der Waals surface area contributed by atoms with Crippen LogP contribution in [0.25, 0.3) is 6.08 Å². The maximum Gasteiger partial charge on any atom is 0.123 e. The van der Waals surface area contributed by atoms with E-state index < -0.39 is 16.9 Å². The summed E-state index contributed by atoms with van der Waals surface area (Å²) in [5.74, 6) is 1.15. The summed E-state index contributed by atoms with van der Waals surface area (Å²) >= 11 is 0. The highest BCUT2D eigenvalue weighted by molar-refractivity contribution is 6.97. The minimum absolute atomic E-state index is 0.0430. The fourth-order valence-corrected chi connectivity index (χ4v) is 9.89. The molecule has 0 radical (unpaired) electrons. The molecule has 0 aromatic heterocycles. The molecule has 0 aliphatic heterocycles. The molecule has 0 bridgehead atoms. The van der Waals surface area contributed by atoms with Crippen LogP contribution in [0.5, 0.6) is 5.75 Å². The first-order chi connectivity index (χ1) is 14.0. The molecule has 2 aromatic rings. The summed E-state index contributed by atoms with van der Waals surface area (Å²) in [7, 11) is -2.95. The van der Waals surface area contributed by atoms with Crippen LogP contribution in [-0.2, 0) is 11.8 Å². The van der Waals surface area contributed by atoms with E-state index >= 15 is 0 Å². The zero-order valence-electron chi connectivity index (χ0n) is 20.1. The lowest BCUT2D eigenvalue weighted by Crippen LogP contribution is -2.48. The molecule has 0 N–H and O–H groups in total. The first-order valence-electron chi connectivity index (χ1n) is 11.2. The van der Waals surface area contributed by atoms with Crippen molar-refractivity contribution in [3.8, 4) is 5.75 Å². The zero-order valence-corrected chi connectivity index (χ0v) is 22.3. The van der Waals surface area contributed by atoms with Crippen molar-refractivity contribution in [1.82, 2.24) is 0 Å². The summed E-state index contributed by atoms with van der Waals surface area (Å²) in [6.07, 6.45) is 5.40. The third-order valence-electron chi connectivity index (χ3n) is 6.44. The quantitative estimate of drug-likeness (QED) is 0.422. The van der Waals surface area contributed by atoms with Crippen LogP contribution < -0.4 is 15.1 Å². The summed E-state index contributed by atoms with van der Waals surface area (Å²) in [5, 5.41) is 4.63. The Kier molecular flexibility index (Phi) is 6.36. The van der Waals surface area contributed by atoms with Crippen molar-refractivity contribution >= 4 is 33.3 Å². The van der Waals surface area contributed by atoms with Gasteiger partial charge in [0, 0.05) is 0 Å². The van der Waals surface area contributed by atoms with Crippen LogP contribution in [0.15, 0.2) is 48.2 Å². The molecule has 2 aromatic carbocycles. The largest absolute Gasteiger partial charge is 0.489 e. The van der Waals surface area contributed by atoms with Crippen molar-refractivity contribution in [2.45, 2.75) is 65.7 Å². The maximum absolute atomic E-state index is 6.52. The van der Waals surface area contributed by atoms with E-state index in [0.717, 1.165) is 12.2 Å². The smallest absolute Gasteiger partial charge is 0.123 e. The number of ether oxygens (including phenoxy) is 1. The highest BCUT2D eigenvalue weighted by Gasteiger charge is 2.38. The second-order valence-corrected chi connectivity index (χ2v) is 17.9. The number of fused-ring (bicyclic) bond motifs is 1. The molecule has 0 saturated heterocycles. The molecule has 1 aliphatic carbocycles. The van der Waals surface area contributed by atoms with Gasteiger partial charge in [0.05, 0.1) is 8.80 Å². The summed E-state index contributed by atoms with van der Waals surface area (Å²) in [6.45, 7) is 23.7. The molecule has 3 rings (SSSR count). The lowest BCUT2D eigenvalue weighted by molar-refractivity contribution is 0.354. The molecule has 3 heteroatoms. The van der Waals surface area contributed by atoms with Gasteiger partial charge >= 0.3 is 0 Å². The molecule has 0 unspecified atom stereocenters. The molecule has 30 heavy (non-hydrogen) atoms. The monoisotopic (exact) mass is 434 g/mol. The first-order valence-corrected chi connectivity index (χ1v) is 17.1. The van der Waals surface area contributed by atoms with E-state index in [0.29, 0.717) is 6.61 Å². The van der Waals surface area contributed by atoms with Gasteiger partial charge < -0.3 is 4.74 Å². The van der Waals surface area contributed by atoms with E-state index in [1.165, 1.54) is 27.4 Å². The Morgan fingerprint density at radius 1 is 1.17 bits per heavy atom. The van der Waals surface area contributed by atoms with E-state index in [2.05, 4.69) is 96.9 Å². The van der Waals surface area contributed by atoms with Gasteiger partial charge in [-0.25, -0.2) is 0 Å². The van der Waals surface area contributed by atoms with Crippen molar-refractivity contribution in [1.29, 1.82) is 0 Å². The topological polar surface area (TPSA) is 9.23 Å². The van der Waals surface area contributed by atoms with E-state index in [4.69, 9.17) is 4.74 Å². The van der Waals surface area contributed by atoms with Gasteiger partial charge in [-0.2, -0.15) is 0 Å². The van der Waals surface area contributed by atoms with Crippen molar-refractivity contribution < 1.29 is 4.74 Å². The number of rotatable bonds is 6. The first kappa shape index (κ1) is 22.8. The predicted molar refractivity (Wildman–Crippen MR) is 139 cm³/mol. The average molecular weight is 435 g/mol. The van der Waals surface area contributed by atoms with Crippen LogP contribution in [0.2, 0.25) is 26.2 Å². The number of benzene rings is 2. The number of hydrogen-bond donors (Lipinski definition) is 0. The summed E-state index contributed by atoms with van der Waals surface area (Å²) in [4.78, 5) is 0. The van der Waals surface area contributed by atoms with Crippen LogP contribution in [-0.4, -0.2) is 23.5 Å². The van der Waals surface area contributed by atoms with Gasteiger partial charge in [-0.1, -0.05) is 112 Å². The fourth-order valence-electron chi connectivity index (χ4n) is 4.91. The molecule has 1 nitrogen and oxygen atoms in total. The molecule has 0 fully saturated rings.